The molecule has 0 spiro atoms. The first-order valence-corrected chi connectivity index (χ1v) is 5.96. The molecule has 4 nitrogen and oxygen atoms in total. The van der Waals surface area contributed by atoms with E-state index in [2.05, 4.69) is 5.32 Å². The highest BCUT2D eigenvalue weighted by Crippen LogP contribution is 2.32. The zero-order chi connectivity index (χ0) is 11.8. The molecule has 0 aliphatic carbocycles. The maximum Gasteiger partial charge on any atom is 0.231 e. The number of nitrogens with one attached hydrogen (secondary N) is 1. The van der Waals surface area contributed by atoms with Gasteiger partial charge in [-0.15, -0.1) is 0 Å². The van der Waals surface area contributed by atoms with E-state index in [0.29, 0.717) is 5.92 Å². The molecule has 2 saturated heterocycles. The molecule has 1 aromatic carbocycles. The van der Waals surface area contributed by atoms with Crippen LogP contribution < -0.4 is 15.0 Å². The van der Waals surface area contributed by atoms with Crippen molar-refractivity contribution in [3.05, 3.63) is 24.3 Å². The Morgan fingerprint density at radius 3 is 2.71 bits per heavy atom. The summed E-state index contributed by atoms with van der Waals surface area (Å²) in [6.07, 6.45) is 0. The second-order valence-corrected chi connectivity index (χ2v) is 4.67. The molecular weight excluding hydrogens is 216 g/mol. The van der Waals surface area contributed by atoms with Crippen LogP contribution in [0.25, 0.3) is 0 Å². The van der Waals surface area contributed by atoms with Crippen molar-refractivity contribution in [1.82, 2.24) is 5.32 Å². The number of nitrogens with zero attached hydrogens (tertiary/aromatic N) is 1. The zero-order valence-electron chi connectivity index (χ0n) is 9.85. The van der Waals surface area contributed by atoms with Crippen molar-refractivity contribution in [2.75, 3.05) is 31.6 Å². The van der Waals surface area contributed by atoms with Crippen molar-refractivity contribution in [1.29, 1.82) is 0 Å². The van der Waals surface area contributed by atoms with Gasteiger partial charge in [-0.2, -0.15) is 0 Å². The van der Waals surface area contributed by atoms with E-state index < -0.39 is 0 Å². The Morgan fingerprint density at radius 1 is 1.29 bits per heavy atom. The molecule has 3 rings (SSSR count). The summed E-state index contributed by atoms with van der Waals surface area (Å²) in [5.41, 5.74) is 0.977. The van der Waals surface area contributed by atoms with Gasteiger partial charge in [0, 0.05) is 31.2 Å². The summed E-state index contributed by atoms with van der Waals surface area (Å²) >= 11 is 0. The van der Waals surface area contributed by atoms with E-state index in [1.807, 2.05) is 29.2 Å². The van der Waals surface area contributed by atoms with E-state index in [1.165, 1.54) is 0 Å². The SMILES string of the molecule is COc1ccc(N2C[C@@H]3CNC[C@H]3C2=O)cc1. The van der Waals surface area contributed by atoms with Gasteiger partial charge >= 0.3 is 0 Å². The first-order valence-electron chi connectivity index (χ1n) is 5.96. The van der Waals surface area contributed by atoms with Crippen LogP contribution in [0, 0.1) is 11.8 Å². The first-order chi connectivity index (χ1) is 8.29. The fourth-order valence-electron chi connectivity index (χ4n) is 2.73. The number of fused-ring (bicyclic) bond motifs is 1. The Bertz CT molecular complexity index is 430. The normalized spacial score (nSPS) is 27.4. The third-order valence-electron chi connectivity index (χ3n) is 3.72. The molecule has 4 heteroatoms. The monoisotopic (exact) mass is 232 g/mol. The van der Waals surface area contributed by atoms with Crippen LogP contribution in [0.5, 0.6) is 5.75 Å². The number of methoxy groups -OCH3 is 1. The van der Waals surface area contributed by atoms with E-state index in [0.717, 1.165) is 31.1 Å². The summed E-state index contributed by atoms with van der Waals surface area (Å²) in [7, 11) is 1.64. The van der Waals surface area contributed by atoms with Crippen LogP contribution in [-0.4, -0.2) is 32.7 Å². The van der Waals surface area contributed by atoms with Crippen LogP contribution in [0.2, 0.25) is 0 Å². The Balaban J connectivity index is 1.82. The minimum absolute atomic E-state index is 0.178. The molecular formula is C13H16N2O2. The lowest BCUT2D eigenvalue weighted by molar-refractivity contribution is -0.120. The highest BCUT2D eigenvalue weighted by molar-refractivity contribution is 5.98. The third kappa shape index (κ3) is 1.69. The summed E-state index contributed by atoms with van der Waals surface area (Å²) < 4.78 is 5.12. The number of rotatable bonds is 2. The van der Waals surface area contributed by atoms with Crippen molar-refractivity contribution in [2.45, 2.75) is 0 Å². The van der Waals surface area contributed by atoms with Gasteiger partial charge in [-0.3, -0.25) is 4.79 Å². The molecule has 2 atom stereocenters. The highest BCUT2D eigenvalue weighted by atomic mass is 16.5. The number of ether oxygens (including phenoxy) is 1. The second kappa shape index (κ2) is 4.04. The third-order valence-corrected chi connectivity index (χ3v) is 3.72. The van der Waals surface area contributed by atoms with E-state index in [9.17, 15) is 4.79 Å². The number of carbonyl (C=O) groups is 1. The summed E-state index contributed by atoms with van der Waals surface area (Å²) in [5, 5.41) is 3.28. The summed E-state index contributed by atoms with van der Waals surface area (Å²) in [6, 6.07) is 7.69. The number of hydrogen-bond acceptors (Lipinski definition) is 3. The van der Waals surface area contributed by atoms with Gasteiger partial charge in [-0.1, -0.05) is 0 Å². The van der Waals surface area contributed by atoms with Crippen molar-refractivity contribution in [3.8, 4) is 5.75 Å². The number of benzene rings is 1. The summed E-state index contributed by atoms with van der Waals surface area (Å²) in [4.78, 5) is 14.1. The molecule has 17 heavy (non-hydrogen) atoms. The van der Waals surface area contributed by atoms with Gasteiger partial charge in [0.2, 0.25) is 5.91 Å². The van der Waals surface area contributed by atoms with Gasteiger partial charge in [0.05, 0.1) is 13.0 Å². The maximum atomic E-state index is 12.2. The van der Waals surface area contributed by atoms with E-state index >= 15 is 0 Å². The highest BCUT2D eigenvalue weighted by Gasteiger charge is 2.43. The Morgan fingerprint density at radius 2 is 2.06 bits per heavy atom. The molecule has 1 N–H and O–H groups in total. The molecule has 90 valence electrons. The van der Waals surface area contributed by atoms with E-state index in [1.54, 1.807) is 7.11 Å². The van der Waals surface area contributed by atoms with Gasteiger partial charge in [0.15, 0.2) is 0 Å². The smallest absolute Gasteiger partial charge is 0.231 e. The molecule has 0 unspecified atom stereocenters. The van der Waals surface area contributed by atoms with Crippen molar-refractivity contribution < 1.29 is 9.53 Å². The minimum atomic E-state index is 0.178. The summed E-state index contributed by atoms with van der Waals surface area (Å²) in [6.45, 7) is 2.63. The Labute approximate surface area is 101 Å². The number of carbonyl (C=O) groups excluding carboxylic acids is 1. The molecule has 0 saturated carbocycles. The Kier molecular flexibility index (Phi) is 2.52. The lowest BCUT2D eigenvalue weighted by Crippen LogP contribution is -2.30. The molecule has 1 aromatic rings. The molecule has 0 radical (unpaired) electrons. The predicted molar refractivity (Wildman–Crippen MR) is 65.2 cm³/mol. The Hall–Kier alpha value is -1.55. The fourth-order valence-corrected chi connectivity index (χ4v) is 2.73. The molecule has 2 fully saturated rings. The lowest BCUT2D eigenvalue weighted by Gasteiger charge is -2.18. The van der Waals surface area contributed by atoms with E-state index in [-0.39, 0.29) is 11.8 Å². The molecule has 2 aliphatic rings. The number of anilines is 1. The lowest BCUT2D eigenvalue weighted by atomic mass is 10.0. The van der Waals surface area contributed by atoms with Crippen LogP contribution in [-0.2, 0) is 4.79 Å². The van der Waals surface area contributed by atoms with Gasteiger partial charge in [-0.25, -0.2) is 0 Å². The number of amides is 1. The fraction of sp³-hybridized carbons (Fsp3) is 0.462. The minimum Gasteiger partial charge on any atom is -0.497 e. The van der Waals surface area contributed by atoms with E-state index in [4.69, 9.17) is 4.74 Å². The largest absolute Gasteiger partial charge is 0.497 e. The second-order valence-electron chi connectivity index (χ2n) is 4.67. The molecule has 0 bridgehead atoms. The number of hydrogen-bond donors (Lipinski definition) is 1. The standard InChI is InChI=1S/C13H16N2O2/c1-17-11-4-2-10(3-5-11)15-8-9-6-14-7-12(9)13(15)16/h2-5,9,12,14H,6-8H2,1H3/t9-,12+/m0/s1. The quantitative estimate of drug-likeness (QED) is 0.823. The first kappa shape index (κ1) is 10.6. The van der Waals surface area contributed by atoms with Crippen LogP contribution in [0.4, 0.5) is 5.69 Å². The van der Waals surface area contributed by atoms with Crippen molar-refractivity contribution in [2.24, 2.45) is 11.8 Å². The molecule has 1 amide bonds. The predicted octanol–water partition coefficient (Wildman–Crippen LogP) is 0.877. The van der Waals surface area contributed by atoms with Crippen LogP contribution in [0.3, 0.4) is 0 Å². The van der Waals surface area contributed by atoms with Crippen LogP contribution >= 0.6 is 0 Å². The van der Waals surface area contributed by atoms with Gasteiger partial charge in [-0.05, 0) is 24.3 Å². The van der Waals surface area contributed by atoms with Gasteiger partial charge in [0.1, 0.15) is 5.75 Å². The average Bonchev–Trinajstić information content (AvgIpc) is 2.93. The van der Waals surface area contributed by atoms with Gasteiger partial charge in [0.25, 0.3) is 0 Å². The topological polar surface area (TPSA) is 41.6 Å². The average molecular weight is 232 g/mol. The van der Waals surface area contributed by atoms with Gasteiger partial charge < -0.3 is 15.0 Å². The molecule has 2 aliphatic heterocycles. The van der Waals surface area contributed by atoms with Crippen molar-refractivity contribution >= 4 is 11.6 Å². The van der Waals surface area contributed by atoms with Crippen LogP contribution in [0.1, 0.15) is 0 Å². The summed E-state index contributed by atoms with van der Waals surface area (Å²) in [5.74, 6) is 1.73. The zero-order valence-corrected chi connectivity index (χ0v) is 9.85. The van der Waals surface area contributed by atoms with Crippen LogP contribution in [0.15, 0.2) is 24.3 Å². The molecule has 0 aromatic heterocycles. The maximum absolute atomic E-state index is 12.2. The molecule has 2 heterocycles. The van der Waals surface area contributed by atoms with Crippen molar-refractivity contribution in [3.63, 3.8) is 0 Å².